The van der Waals surface area contributed by atoms with Gasteiger partial charge in [0.2, 0.25) is 0 Å². The number of hydrogen-bond donors (Lipinski definition) is 1. The Balaban J connectivity index is 1.78. The molecule has 4 heteroatoms. The van der Waals surface area contributed by atoms with Gasteiger partial charge in [0.05, 0.1) is 6.07 Å². The molecule has 0 amide bonds. The van der Waals surface area contributed by atoms with Gasteiger partial charge >= 0.3 is 0 Å². The average Bonchev–Trinajstić information content (AvgIpc) is 2.48. The van der Waals surface area contributed by atoms with Crippen LogP contribution in [0.4, 0.5) is 0 Å². The normalized spacial score (nSPS) is 33.3. The standard InChI is InChI=1S/C15H27N3O/c1-17-15(12-16)7-3-14(4-8-15)18(2)11-13-5-9-19-10-6-13/h13-14,17H,3-11H2,1-2H3. The summed E-state index contributed by atoms with van der Waals surface area (Å²) in [6.07, 6.45) is 6.62. The first-order chi connectivity index (χ1) is 9.19. The van der Waals surface area contributed by atoms with Crippen LogP contribution in [0.25, 0.3) is 0 Å². The van der Waals surface area contributed by atoms with Gasteiger partial charge in [0.25, 0.3) is 0 Å². The maximum atomic E-state index is 9.29. The Kier molecular flexibility index (Phi) is 5.20. The third-order valence-electron chi connectivity index (χ3n) is 5.01. The van der Waals surface area contributed by atoms with Gasteiger partial charge in [-0.2, -0.15) is 5.26 Å². The van der Waals surface area contributed by atoms with E-state index in [1.165, 1.54) is 19.4 Å². The molecule has 0 aromatic carbocycles. The van der Waals surface area contributed by atoms with Gasteiger partial charge < -0.3 is 15.0 Å². The molecule has 1 saturated heterocycles. The second kappa shape index (κ2) is 6.69. The molecule has 0 spiro atoms. The molecule has 0 aromatic heterocycles. The van der Waals surface area contributed by atoms with Crippen molar-refractivity contribution in [3.63, 3.8) is 0 Å². The second-order valence-electron chi connectivity index (χ2n) is 6.17. The Morgan fingerprint density at radius 3 is 2.42 bits per heavy atom. The van der Waals surface area contributed by atoms with Gasteiger partial charge in [-0.05, 0) is 58.5 Å². The summed E-state index contributed by atoms with van der Waals surface area (Å²) in [6.45, 7) is 3.05. The minimum atomic E-state index is -0.268. The third kappa shape index (κ3) is 3.68. The van der Waals surface area contributed by atoms with E-state index in [0.29, 0.717) is 6.04 Å². The summed E-state index contributed by atoms with van der Waals surface area (Å²) in [5.41, 5.74) is -0.268. The van der Waals surface area contributed by atoms with Crippen LogP contribution in [0.1, 0.15) is 38.5 Å². The molecule has 0 radical (unpaired) electrons. The van der Waals surface area contributed by atoms with Crippen molar-refractivity contribution in [3.05, 3.63) is 0 Å². The lowest BCUT2D eigenvalue weighted by Crippen LogP contribution is -2.49. The average molecular weight is 265 g/mol. The van der Waals surface area contributed by atoms with Crippen molar-refractivity contribution >= 4 is 0 Å². The van der Waals surface area contributed by atoms with Crippen molar-refractivity contribution in [3.8, 4) is 6.07 Å². The van der Waals surface area contributed by atoms with Crippen LogP contribution in [0.2, 0.25) is 0 Å². The molecule has 4 nitrogen and oxygen atoms in total. The number of ether oxygens (including phenoxy) is 1. The Morgan fingerprint density at radius 2 is 1.89 bits per heavy atom. The molecule has 0 unspecified atom stereocenters. The minimum Gasteiger partial charge on any atom is -0.381 e. The zero-order valence-corrected chi connectivity index (χ0v) is 12.3. The van der Waals surface area contributed by atoms with Crippen LogP contribution >= 0.6 is 0 Å². The van der Waals surface area contributed by atoms with Crippen LogP contribution in [0.15, 0.2) is 0 Å². The molecule has 2 aliphatic rings. The summed E-state index contributed by atoms with van der Waals surface area (Å²) < 4.78 is 5.42. The zero-order chi connectivity index (χ0) is 13.7. The molecule has 0 atom stereocenters. The highest BCUT2D eigenvalue weighted by Gasteiger charge is 2.35. The molecule has 108 valence electrons. The molecule has 2 rings (SSSR count). The van der Waals surface area contributed by atoms with Gasteiger partial charge in [-0.3, -0.25) is 0 Å². The van der Waals surface area contributed by atoms with Crippen molar-refractivity contribution in [2.75, 3.05) is 33.9 Å². The number of nitrogens with one attached hydrogen (secondary N) is 1. The smallest absolute Gasteiger partial charge is 0.106 e. The number of nitriles is 1. The summed E-state index contributed by atoms with van der Waals surface area (Å²) >= 11 is 0. The maximum Gasteiger partial charge on any atom is 0.106 e. The van der Waals surface area contributed by atoms with Crippen LogP contribution in [-0.2, 0) is 4.74 Å². The Morgan fingerprint density at radius 1 is 1.26 bits per heavy atom. The third-order valence-corrected chi connectivity index (χ3v) is 5.01. The van der Waals surface area contributed by atoms with Crippen LogP contribution in [0.5, 0.6) is 0 Å². The lowest BCUT2D eigenvalue weighted by Gasteiger charge is -2.40. The number of hydrogen-bond acceptors (Lipinski definition) is 4. The van der Waals surface area contributed by atoms with E-state index in [4.69, 9.17) is 4.74 Å². The predicted molar refractivity (Wildman–Crippen MR) is 75.8 cm³/mol. The predicted octanol–water partition coefficient (Wildman–Crippen LogP) is 1.77. The van der Waals surface area contributed by atoms with Crippen molar-refractivity contribution in [1.82, 2.24) is 10.2 Å². The van der Waals surface area contributed by atoms with E-state index in [1.807, 2.05) is 7.05 Å². The number of rotatable bonds is 4. The topological polar surface area (TPSA) is 48.3 Å². The molecule has 1 aliphatic carbocycles. The minimum absolute atomic E-state index is 0.268. The zero-order valence-electron chi connectivity index (χ0n) is 12.3. The fraction of sp³-hybridized carbons (Fsp3) is 0.933. The Hall–Kier alpha value is -0.630. The first-order valence-corrected chi connectivity index (χ1v) is 7.57. The first kappa shape index (κ1) is 14.8. The Bertz CT molecular complexity index is 312. The lowest BCUT2D eigenvalue weighted by molar-refractivity contribution is 0.0451. The maximum absolute atomic E-state index is 9.29. The van der Waals surface area contributed by atoms with Crippen LogP contribution < -0.4 is 5.32 Å². The van der Waals surface area contributed by atoms with Gasteiger partial charge in [0.15, 0.2) is 0 Å². The molecule has 0 aromatic rings. The molecule has 1 N–H and O–H groups in total. The van der Waals surface area contributed by atoms with E-state index in [9.17, 15) is 5.26 Å². The van der Waals surface area contributed by atoms with Crippen molar-refractivity contribution in [1.29, 1.82) is 5.26 Å². The fourth-order valence-electron chi connectivity index (χ4n) is 3.44. The van der Waals surface area contributed by atoms with Gasteiger partial charge in [0.1, 0.15) is 5.54 Å². The molecular formula is C15H27N3O. The molecule has 2 fully saturated rings. The quantitative estimate of drug-likeness (QED) is 0.841. The monoisotopic (exact) mass is 265 g/mol. The second-order valence-corrected chi connectivity index (χ2v) is 6.17. The van der Waals surface area contributed by atoms with Crippen molar-refractivity contribution in [2.24, 2.45) is 5.92 Å². The summed E-state index contributed by atoms with van der Waals surface area (Å²) in [7, 11) is 4.16. The van der Waals surface area contributed by atoms with E-state index in [2.05, 4.69) is 23.3 Å². The summed E-state index contributed by atoms with van der Waals surface area (Å²) in [5.74, 6) is 0.797. The molecule has 1 aliphatic heterocycles. The summed E-state index contributed by atoms with van der Waals surface area (Å²) in [4.78, 5) is 2.52. The van der Waals surface area contributed by atoms with E-state index < -0.39 is 0 Å². The largest absolute Gasteiger partial charge is 0.381 e. The van der Waals surface area contributed by atoms with Gasteiger partial charge in [-0.15, -0.1) is 0 Å². The van der Waals surface area contributed by atoms with Gasteiger partial charge in [-0.25, -0.2) is 0 Å². The molecule has 1 saturated carbocycles. The van der Waals surface area contributed by atoms with Crippen molar-refractivity contribution in [2.45, 2.75) is 50.1 Å². The van der Waals surface area contributed by atoms with E-state index >= 15 is 0 Å². The van der Waals surface area contributed by atoms with Gasteiger partial charge in [0, 0.05) is 25.8 Å². The molecule has 19 heavy (non-hydrogen) atoms. The highest BCUT2D eigenvalue weighted by Crippen LogP contribution is 2.30. The number of nitrogens with zero attached hydrogens (tertiary/aromatic N) is 2. The summed E-state index contributed by atoms with van der Waals surface area (Å²) in [6, 6.07) is 3.11. The van der Waals surface area contributed by atoms with Crippen LogP contribution in [0.3, 0.4) is 0 Å². The fourth-order valence-corrected chi connectivity index (χ4v) is 3.44. The van der Waals surface area contributed by atoms with E-state index in [1.54, 1.807) is 0 Å². The first-order valence-electron chi connectivity index (χ1n) is 7.57. The highest BCUT2D eigenvalue weighted by molar-refractivity contribution is 5.09. The van der Waals surface area contributed by atoms with E-state index in [-0.39, 0.29) is 5.54 Å². The highest BCUT2D eigenvalue weighted by atomic mass is 16.5. The summed E-state index contributed by atoms with van der Waals surface area (Å²) in [5, 5.41) is 12.5. The Labute approximate surface area is 117 Å². The molecule has 1 heterocycles. The SMILES string of the molecule is CNC1(C#N)CCC(N(C)CC2CCOCC2)CC1. The van der Waals surface area contributed by atoms with Crippen LogP contribution in [-0.4, -0.2) is 50.3 Å². The van der Waals surface area contributed by atoms with Gasteiger partial charge in [-0.1, -0.05) is 0 Å². The van der Waals surface area contributed by atoms with E-state index in [0.717, 1.165) is 44.8 Å². The molecule has 0 bridgehead atoms. The molecular weight excluding hydrogens is 238 g/mol. The lowest BCUT2D eigenvalue weighted by atomic mass is 9.80. The van der Waals surface area contributed by atoms with Crippen LogP contribution in [0, 0.1) is 17.2 Å². The van der Waals surface area contributed by atoms with Crippen molar-refractivity contribution < 1.29 is 4.74 Å².